The van der Waals surface area contributed by atoms with Gasteiger partial charge in [-0.05, 0) is 12.0 Å². The summed E-state index contributed by atoms with van der Waals surface area (Å²) < 4.78 is 5.07. The van der Waals surface area contributed by atoms with Crippen LogP contribution in [0.2, 0.25) is 0 Å². The van der Waals surface area contributed by atoms with Gasteiger partial charge in [0.05, 0.1) is 18.6 Å². The number of halogens is 1. The predicted octanol–water partition coefficient (Wildman–Crippen LogP) is 2.29. The maximum absolute atomic E-state index is 12.2. The highest BCUT2D eigenvalue weighted by Crippen LogP contribution is 2.19. The molecule has 20 heavy (non-hydrogen) atoms. The molecule has 0 aliphatic heterocycles. The number of methoxy groups -OCH3 is 1. The minimum absolute atomic E-state index is 0. The van der Waals surface area contributed by atoms with Crippen molar-refractivity contribution >= 4 is 18.3 Å². The molecule has 0 fully saturated rings. The standard InChI is InChI=1S/C15H24N2O2.ClH/c1-4-13(10-19-3)17-15(18)11(2)14(16)12-8-6-5-7-9-12;/h5-9,11,13-14H,4,10,16H2,1-3H3,(H,17,18);1H. The van der Waals surface area contributed by atoms with Crippen LogP contribution < -0.4 is 11.1 Å². The number of carbonyl (C=O) groups is 1. The van der Waals surface area contributed by atoms with Crippen LogP contribution in [0.1, 0.15) is 31.9 Å². The van der Waals surface area contributed by atoms with Crippen molar-refractivity contribution in [3.8, 4) is 0 Å². The first-order valence-corrected chi connectivity index (χ1v) is 6.70. The predicted molar refractivity (Wildman–Crippen MR) is 83.9 cm³/mol. The van der Waals surface area contributed by atoms with Crippen LogP contribution in [0.3, 0.4) is 0 Å². The molecule has 0 spiro atoms. The minimum atomic E-state index is -0.291. The average Bonchev–Trinajstić information content (AvgIpc) is 2.45. The van der Waals surface area contributed by atoms with E-state index in [1.807, 2.05) is 44.2 Å². The van der Waals surface area contributed by atoms with E-state index in [0.29, 0.717) is 6.61 Å². The van der Waals surface area contributed by atoms with Crippen molar-refractivity contribution in [3.63, 3.8) is 0 Å². The maximum Gasteiger partial charge on any atom is 0.225 e. The second-order valence-corrected chi connectivity index (χ2v) is 4.79. The van der Waals surface area contributed by atoms with Gasteiger partial charge in [0, 0.05) is 13.2 Å². The molecule has 0 heterocycles. The van der Waals surface area contributed by atoms with Crippen LogP contribution in [0.4, 0.5) is 0 Å². The summed E-state index contributed by atoms with van der Waals surface area (Å²) in [5.41, 5.74) is 7.12. The molecule has 3 atom stereocenters. The van der Waals surface area contributed by atoms with Gasteiger partial charge in [-0.15, -0.1) is 12.4 Å². The summed E-state index contributed by atoms with van der Waals surface area (Å²) >= 11 is 0. The molecule has 1 aromatic carbocycles. The molecule has 1 amide bonds. The number of hydrogen-bond acceptors (Lipinski definition) is 3. The summed E-state index contributed by atoms with van der Waals surface area (Å²) in [5.74, 6) is -0.298. The average molecular weight is 301 g/mol. The molecule has 5 heteroatoms. The summed E-state index contributed by atoms with van der Waals surface area (Å²) in [5, 5.41) is 2.97. The van der Waals surface area contributed by atoms with E-state index in [1.165, 1.54) is 0 Å². The van der Waals surface area contributed by atoms with Crippen LogP contribution in [-0.2, 0) is 9.53 Å². The van der Waals surface area contributed by atoms with Crippen LogP contribution in [0.25, 0.3) is 0 Å². The van der Waals surface area contributed by atoms with Gasteiger partial charge in [-0.1, -0.05) is 44.2 Å². The molecule has 0 saturated carbocycles. The summed E-state index contributed by atoms with van der Waals surface area (Å²) in [7, 11) is 1.63. The second-order valence-electron chi connectivity index (χ2n) is 4.79. The molecule has 114 valence electrons. The zero-order valence-corrected chi connectivity index (χ0v) is 13.2. The highest BCUT2D eigenvalue weighted by molar-refractivity contribution is 5.85. The molecular weight excluding hydrogens is 276 g/mol. The fourth-order valence-electron chi connectivity index (χ4n) is 1.92. The second kappa shape index (κ2) is 9.75. The lowest BCUT2D eigenvalue weighted by atomic mass is 9.94. The quantitative estimate of drug-likeness (QED) is 0.812. The van der Waals surface area contributed by atoms with Gasteiger partial charge in [-0.3, -0.25) is 4.79 Å². The van der Waals surface area contributed by atoms with Gasteiger partial charge >= 0.3 is 0 Å². The van der Waals surface area contributed by atoms with Crippen molar-refractivity contribution in [2.75, 3.05) is 13.7 Å². The first-order valence-electron chi connectivity index (χ1n) is 6.70. The van der Waals surface area contributed by atoms with E-state index in [4.69, 9.17) is 10.5 Å². The smallest absolute Gasteiger partial charge is 0.225 e. The number of benzene rings is 1. The molecule has 3 unspecified atom stereocenters. The summed E-state index contributed by atoms with van der Waals surface area (Å²) in [6.07, 6.45) is 0.840. The largest absolute Gasteiger partial charge is 0.383 e. The van der Waals surface area contributed by atoms with Crippen molar-refractivity contribution in [1.29, 1.82) is 0 Å². The molecule has 0 aliphatic rings. The number of rotatable bonds is 7. The van der Waals surface area contributed by atoms with Gasteiger partial charge in [-0.2, -0.15) is 0 Å². The third-order valence-corrected chi connectivity index (χ3v) is 3.34. The third-order valence-electron chi connectivity index (χ3n) is 3.34. The fourth-order valence-corrected chi connectivity index (χ4v) is 1.92. The van der Waals surface area contributed by atoms with Crippen LogP contribution >= 0.6 is 12.4 Å². The van der Waals surface area contributed by atoms with Crippen LogP contribution in [0.5, 0.6) is 0 Å². The first-order chi connectivity index (χ1) is 9.10. The third kappa shape index (κ3) is 5.49. The number of nitrogens with two attached hydrogens (primary N) is 1. The number of amides is 1. The Morgan fingerprint density at radius 3 is 2.45 bits per heavy atom. The van der Waals surface area contributed by atoms with E-state index >= 15 is 0 Å². The lowest BCUT2D eigenvalue weighted by Gasteiger charge is -2.23. The van der Waals surface area contributed by atoms with Gasteiger partial charge in [-0.25, -0.2) is 0 Å². The Labute approximate surface area is 127 Å². The van der Waals surface area contributed by atoms with Gasteiger partial charge in [0.15, 0.2) is 0 Å². The zero-order chi connectivity index (χ0) is 14.3. The molecule has 0 aromatic heterocycles. The molecule has 1 aromatic rings. The molecule has 0 radical (unpaired) electrons. The molecule has 0 saturated heterocycles. The Hall–Kier alpha value is -1.10. The molecule has 0 bridgehead atoms. The Balaban J connectivity index is 0.00000361. The highest BCUT2D eigenvalue weighted by atomic mass is 35.5. The van der Waals surface area contributed by atoms with Crippen molar-refractivity contribution in [2.24, 2.45) is 11.7 Å². The van der Waals surface area contributed by atoms with E-state index in [1.54, 1.807) is 7.11 Å². The summed E-state index contributed by atoms with van der Waals surface area (Å²) in [6, 6.07) is 9.44. The number of ether oxygens (including phenoxy) is 1. The van der Waals surface area contributed by atoms with E-state index in [9.17, 15) is 4.79 Å². The minimum Gasteiger partial charge on any atom is -0.383 e. The van der Waals surface area contributed by atoms with Crippen molar-refractivity contribution < 1.29 is 9.53 Å². The number of nitrogens with one attached hydrogen (secondary N) is 1. The molecular formula is C15H25ClN2O2. The lowest BCUT2D eigenvalue weighted by molar-refractivity contribution is -0.126. The van der Waals surface area contributed by atoms with Crippen molar-refractivity contribution in [2.45, 2.75) is 32.4 Å². The number of carbonyl (C=O) groups excluding carboxylic acids is 1. The highest BCUT2D eigenvalue weighted by Gasteiger charge is 2.23. The van der Waals surface area contributed by atoms with E-state index < -0.39 is 0 Å². The molecule has 4 nitrogen and oxygen atoms in total. The van der Waals surface area contributed by atoms with Crippen LogP contribution in [-0.4, -0.2) is 25.7 Å². The topological polar surface area (TPSA) is 64.3 Å². The Bertz CT molecular complexity index is 387. The molecule has 1 rings (SSSR count). The van der Waals surface area contributed by atoms with Gasteiger partial charge in [0.2, 0.25) is 5.91 Å². The van der Waals surface area contributed by atoms with E-state index in [2.05, 4.69) is 5.32 Å². The van der Waals surface area contributed by atoms with Crippen LogP contribution in [0.15, 0.2) is 30.3 Å². The fraction of sp³-hybridized carbons (Fsp3) is 0.533. The first kappa shape index (κ1) is 18.9. The normalized spacial score (nSPS) is 14.8. The SMILES string of the molecule is CCC(COC)NC(=O)C(C)C(N)c1ccccc1.Cl. The maximum atomic E-state index is 12.2. The van der Waals surface area contributed by atoms with Crippen LogP contribution in [0, 0.1) is 5.92 Å². The monoisotopic (exact) mass is 300 g/mol. The van der Waals surface area contributed by atoms with Crippen molar-refractivity contribution in [1.82, 2.24) is 5.32 Å². The summed E-state index contributed by atoms with van der Waals surface area (Å²) in [4.78, 5) is 12.2. The Morgan fingerprint density at radius 1 is 1.35 bits per heavy atom. The zero-order valence-electron chi connectivity index (χ0n) is 12.3. The molecule has 0 aliphatic carbocycles. The Morgan fingerprint density at radius 2 is 1.95 bits per heavy atom. The van der Waals surface area contributed by atoms with Gasteiger partial charge in [0.1, 0.15) is 0 Å². The number of hydrogen-bond donors (Lipinski definition) is 2. The van der Waals surface area contributed by atoms with E-state index in [-0.39, 0.29) is 36.3 Å². The Kier molecular flexibility index (Phi) is 9.21. The van der Waals surface area contributed by atoms with Gasteiger partial charge < -0.3 is 15.8 Å². The lowest BCUT2D eigenvalue weighted by Crippen LogP contribution is -2.43. The van der Waals surface area contributed by atoms with E-state index in [0.717, 1.165) is 12.0 Å². The van der Waals surface area contributed by atoms with Gasteiger partial charge in [0.25, 0.3) is 0 Å². The molecule has 3 N–H and O–H groups in total. The van der Waals surface area contributed by atoms with Crippen molar-refractivity contribution in [3.05, 3.63) is 35.9 Å². The summed E-state index contributed by atoms with van der Waals surface area (Å²) in [6.45, 7) is 4.40.